The lowest BCUT2D eigenvalue weighted by Crippen LogP contribution is -2.44. The number of nitrogens with one attached hydrogen (secondary N) is 1. The van der Waals surface area contributed by atoms with Gasteiger partial charge in [-0.3, -0.25) is 4.79 Å². The number of halogens is 1. The van der Waals surface area contributed by atoms with Crippen molar-refractivity contribution in [2.24, 2.45) is 5.92 Å². The number of nitrogens with zero attached hydrogens (tertiary/aromatic N) is 1. The normalized spacial score (nSPS) is 16.9. The standard InChI is InChI=1S/C21H25FN2O4S/c1-29(26,27)24-13-11-17(12-14-24)21(25)23-19(16-7-3-2-4-8-16)15-28-20-10-6-5-9-18(20)22/h2-10,17,19H,11-15H2,1H3,(H,23,25). The molecule has 1 amide bonds. The van der Waals surface area contributed by atoms with Crippen LogP contribution in [0.25, 0.3) is 0 Å². The van der Waals surface area contributed by atoms with E-state index in [1.165, 1.54) is 16.6 Å². The summed E-state index contributed by atoms with van der Waals surface area (Å²) in [5.74, 6) is -0.750. The molecule has 1 heterocycles. The highest BCUT2D eigenvalue weighted by Crippen LogP contribution is 2.23. The monoisotopic (exact) mass is 420 g/mol. The van der Waals surface area contributed by atoms with Crippen molar-refractivity contribution in [2.75, 3.05) is 26.0 Å². The molecule has 0 spiro atoms. The van der Waals surface area contributed by atoms with Crippen LogP contribution in [-0.2, 0) is 14.8 Å². The van der Waals surface area contributed by atoms with Gasteiger partial charge in [-0.2, -0.15) is 0 Å². The molecule has 6 nitrogen and oxygen atoms in total. The Morgan fingerprint density at radius 2 is 1.76 bits per heavy atom. The lowest BCUT2D eigenvalue weighted by Gasteiger charge is -2.30. The lowest BCUT2D eigenvalue weighted by molar-refractivity contribution is -0.127. The molecule has 29 heavy (non-hydrogen) atoms. The van der Waals surface area contributed by atoms with Crippen LogP contribution in [0.3, 0.4) is 0 Å². The van der Waals surface area contributed by atoms with Crippen LogP contribution in [0.5, 0.6) is 5.75 Å². The molecule has 0 radical (unpaired) electrons. The van der Waals surface area contributed by atoms with Gasteiger partial charge in [-0.05, 0) is 30.5 Å². The molecular weight excluding hydrogens is 395 g/mol. The second-order valence-electron chi connectivity index (χ2n) is 7.15. The third-order valence-electron chi connectivity index (χ3n) is 5.05. The van der Waals surface area contributed by atoms with Gasteiger partial charge in [0.2, 0.25) is 15.9 Å². The molecule has 0 aromatic heterocycles. The Morgan fingerprint density at radius 1 is 1.14 bits per heavy atom. The van der Waals surface area contributed by atoms with Gasteiger partial charge in [-0.25, -0.2) is 17.1 Å². The fourth-order valence-electron chi connectivity index (χ4n) is 3.38. The predicted octanol–water partition coefficient (Wildman–Crippen LogP) is 2.73. The quantitative estimate of drug-likeness (QED) is 0.747. The van der Waals surface area contributed by atoms with E-state index in [1.807, 2.05) is 30.3 Å². The van der Waals surface area contributed by atoms with Crippen LogP contribution in [0.4, 0.5) is 4.39 Å². The van der Waals surface area contributed by atoms with Gasteiger partial charge in [0.25, 0.3) is 0 Å². The van der Waals surface area contributed by atoms with E-state index in [-0.39, 0.29) is 24.2 Å². The number of ether oxygens (including phenoxy) is 1. The van der Waals surface area contributed by atoms with Crippen LogP contribution < -0.4 is 10.1 Å². The Hall–Kier alpha value is -2.45. The molecule has 2 aromatic rings. The number of amides is 1. The number of para-hydroxylation sites is 1. The zero-order chi connectivity index (χ0) is 20.9. The third kappa shape index (κ3) is 5.77. The number of hydrogen-bond donors (Lipinski definition) is 1. The van der Waals surface area contributed by atoms with E-state index in [2.05, 4.69) is 5.32 Å². The predicted molar refractivity (Wildman–Crippen MR) is 108 cm³/mol. The molecule has 1 aliphatic heterocycles. The Balaban J connectivity index is 1.66. The fraction of sp³-hybridized carbons (Fsp3) is 0.381. The Bertz CT molecular complexity index is 929. The summed E-state index contributed by atoms with van der Waals surface area (Å²) in [7, 11) is -3.24. The Labute approximate surface area is 170 Å². The SMILES string of the molecule is CS(=O)(=O)N1CCC(C(=O)NC(COc2ccccc2F)c2ccccc2)CC1. The average Bonchev–Trinajstić information content (AvgIpc) is 2.72. The molecule has 156 valence electrons. The second-order valence-corrected chi connectivity index (χ2v) is 9.13. The van der Waals surface area contributed by atoms with Crippen molar-refractivity contribution in [1.29, 1.82) is 0 Å². The van der Waals surface area contributed by atoms with Gasteiger partial charge < -0.3 is 10.1 Å². The minimum absolute atomic E-state index is 0.0822. The summed E-state index contributed by atoms with van der Waals surface area (Å²) in [6.07, 6.45) is 2.11. The maximum atomic E-state index is 13.9. The van der Waals surface area contributed by atoms with Crippen molar-refractivity contribution in [3.05, 3.63) is 66.0 Å². The van der Waals surface area contributed by atoms with Gasteiger partial charge >= 0.3 is 0 Å². The minimum Gasteiger partial charge on any atom is -0.488 e. The molecule has 3 rings (SSSR count). The molecule has 1 saturated heterocycles. The molecule has 1 fully saturated rings. The Kier molecular flexibility index (Phi) is 6.87. The van der Waals surface area contributed by atoms with Gasteiger partial charge in [0.05, 0.1) is 12.3 Å². The highest BCUT2D eigenvalue weighted by molar-refractivity contribution is 7.88. The van der Waals surface area contributed by atoms with Crippen molar-refractivity contribution in [3.8, 4) is 5.75 Å². The molecule has 1 aliphatic rings. The summed E-state index contributed by atoms with van der Waals surface area (Å²) in [5, 5.41) is 2.99. The summed E-state index contributed by atoms with van der Waals surface area (Å²) in [5.41, 5.74) is 0.853. The zero-order valence-electron chi connectivity index (χ0n) is 16.3. The number of sulfonamides is 1. The Morgan fingerprint density at radius 3 is 2.38 bits per heavy atom. The summed E-state index contributed by atoms with van der Waals surface area (Å²) in [6, 6.07) is 15.0. The number of carbonyl (C=O) groups is 1. The van der Waals surface area contributed by atoms with Crippen LogP contribution in [0.1, 0.15) is 24.4 Å². The van der Waals surface area contributed by atoms with Gasteiger partial charge in [-0.15, -0.1) is 0 Å². The van der Waals surface area contributed by atoms with Gasteiger partial charge in [-0.1, -0.05) is 42.5 Å². The molecule has 0 aliphatic carbocycles. The van der Waals surface area contributed by atoms with Crippen LogP contribution >= 0.6 is 0 Å². The summed E-state index contributed by atoms with van der Waals surface area (Å²) >= 11 is 0. The van der Waals surface area contributed by atoms with Crippen molar-refractivity contribution in [3.63, 3.8) is 0 Å². The zero-order valence-corrected chi connectivity index (χ0v) is 17.1. The molecule has 2 aromatic carbocycles. The van der Waals surface area contributed by atoms with Gasteiger partial charge in [0, 0.05) is 19.0 Å². The van der Waals surface area contributed by atoms with Gasteiger partial charge in [0.15, 0.2) is 11.6 Å². The van der Waals surface area contributed by atoms with E-state index in [0.717, 1.165) is 5.56 Å². The molecular formula is C21H25FN2O4S. The largest absolute Gasteiger partial charge is 0.488 e. The first-order valence-corrected chi connectivity index (χ1v) is 11.4. The van der Waals surface area contributed by atoms with Crippen LogP contribution in [0.2, 0.25) is 0 Å². The summed E-state index contributed by atoms with van der Waals surface area (Å²) < 4.78 is 44.2. The van der Waals surface area contributed by atoms with E-state index < -0.39 is 21.9 Å². The first-order chi connectivity index (χ1) is 13.8. The molecule has 0 saturated carbocycles. The number of benzene rings is 2. The molecule has 0 bridgehead atoms. The van der Waals surface area contributed by atoms with Gasteiger partial charge in [0.1, 0.15) is 6.61 Å². The van der Waals surface area contributed by atoms with E-state index in [9.17, 15) is 17.6 Å². The van der Waals surface area contributed by atoms with E-state index in [1.54, 1.807) is 18.2 Å². The second kappa shape index (κ2) is 9.37. The topological polar surface area (TPSA) is 75.7 Å². The number of hydrogen-bond acceptors (Lipinski definition) is 4. The van der Waals surface area contributed by atoms with Crippen LogP contribution in [0, 0.1) is 11.7 Å². The third-order valence-corrected chi connectivity index (χ3v) is 6.36. The molecule has 1 atom stereocenters. The number of carbonyl (C=O) groups excluding carboxylic acids is 1. The maximum Gasteiger partial charge on any atom is 0.223 e. The highest BCUT2D eigenvalue weighted by atomic mass is 32.2. The fourth-order valence-corrected chi connectivity index (χ4v) is 4.25. The summed E-state index contributed by atoms with van der Waals surface area (Å²) in [6.45, 7) is 0.746. The summed E-state index contributed by atoms with van der Waals surface area (Å²) in [4.78, 5) is 12.8. The molecule has 1 N–H and O–H groups in total. The van der Waals surface area contributed by atoms with E-state index >= 15 is 0 Å². The van der Waals surface area contributed by atoms with Crippen molar-refractivity contribution < 1.29 is 22.3 Å². The van der Waals surface area contributed by atoms with E-state index in [4.69, 9.17) is 4.74 Å². The van der Waals surface area contributed by atoms with Crippen molar-refractivity contribution >= 4 is 15.9 Å². The minimum atomic E-state index is -3.24. The maximum absolute atomic E-state index is 13.9. The van der Waals surface area contributed by atoms with Crippen LogP contribution in [-0.4, -0.2) is 44.6 Å². The van der Waals surface area contributed by atoms with E-state index in [0.29, 0.717) is 25.9 Å². The van der Waals surface area contributed by atoms with Crippen molar-refractivity contribution in [1.82, 2.24) is 9.62 Å². The first-order valence-electron chi connectivity index (χ1n) is 9.52. The first kappa shape index (κ1) is 21.3. The smallest absolute Gasteiger partial charge is 0.223 e. The van der Waals surface area contributed by atoms with Crippen LogP contribution in [0.15, 0.2) is 54.6 Å². The number of rotatable bonds is 7. The highest BCUT2D eigenvalue weighted by Gasteiger charge is 2.30. The molecule has 8 heteroatoms. The number of piperidine rings is 1. The van der Waals surface area contributed by atoms with Crippen molar-refractivity contribution in [2.45, 2.75) is 18.9 Å². The average molecular weight is 421 g/mol. The lowest BCUT2D eigenvalue weighted by atomic mass is 9.96. The molecule has 1 unspecified atom stereocenters.